The van der Waals surface area contributed by atoms with Gasteiger partial charge in [0.2, 0.25) is 11.8 Å². The Bertz CT molecular complexity index is 1800. The minimum atomic E-state index is -4.65. The van der Waals surface area contributed by atoms with Crippen LogP contribution < -0.4 is 14.7 Å². The number of halogens is 3. The van der Waals surface area contributed by atoms with Crippen molar-refractivity contribution in [2.24, 2.45) is 5.92 Å². The molecule has 2 saturated heterocycles. The second-order valence-corrected chi connectivity index (χ2v) is 15.3. The van der Waals surface area contributed by atoms with Crippen LogP contribution in [0.3, 0.4) is 0 Å². The molecule has 2 atom stereocenters. The summed E-state index contributed by atoms with van der Waals surface area (Å²) >= 11 is 0. The second-order valence-electron chi connectivity index (χ2n) is 15.3. The van der Waals surface area contributed by atoms with Crippen molar-refractivity contribution in [3.63, 3.8) is 0 Å². The molecule has 5 heterocycles. The molecule has 15 heteroatoms. The molecule has 286 valence electrons. The van der Waals surface area contributed by atoms with Crippen molar-refractivity contribution >= 4 is 41.0 Å². The Morgan fingerprint density at radius 1 is 1.02 bits per heavy atom. The molecule has 6 rings (SSSR count). The molecule has 4 aliphatic rings. The molecule has 2 aromatic rings. The van der Waals surface area contributed by atoms with Gasteiger partial charge in [0.1, 0.15) is 17.5 Å². The molecule has 4 amide bonds. The Morgan fingerprint density at radius 3 is 2.45 bits per heavy atom. The molecule has 12 nitrogen and oxygen atoms in total. The van der Waals surface area contributed by atoms with E-state index in [1.165, 1.54) is 11.8 Å². The highest BCUT2D eigenvalue weighted by molar-refractivity contribution is 6.10. The van der Waals surface area contributed by atoms with Gasteiger partial charge in [0.25, 0.3) is 5.91 Å². The summed E-state index contributed by atoms with van der Waals surface area (Å²) in [5, 5.41) is 0. The van der Waals surface area contributed by atoms with E-state index in [0.717, 1.165) is 28.3 Å². The first kappa shape index (κ1) is 38.1. The van der Waals surface area contributed by atoms with Crippen molar-refractivity contribution in [2.45, 2.75) is 77.8 Å². The zero-order chi connectivity index (χ0) is 38.4. The van der Waals surface area contributed by atoms with Crippen LogP contribution in [0.1, 0.15) is 56.9 Å². The van der Waals surface area contributed by atoms with E-state index in [1.54, 1.807) is 37.6 Å². The maximum absolute atomic E-state index is 14.1. The van der Waals surface area contributed by atoms with E-state index in [1.807, 2.05) is 31.2 Å². The number of hydrogen-bond acceptors (Lipinski definition) is 8. The predicted molar refractivity (Wildman–Crippen MR) is 192 cm³/mol. The van der Waals surface area contributed by atoms with Gasteiger partial charge >= 0.3 is 12.3 Å². The number of para-hydroxylation sites is 1. The second kappa shape index (κ2) is 14.6. The van der Waals surface area contributed by atoms with Gasteiger partial charge in [-0.2, -0.15) is 13.2 Å². The lowest BCUT2D eigenvalue weighted by Gasteiger charge is -2.41. The molecule has 53 heavy (non-hydrogen) atoms. The topological polar surface area (TPSA) is 116 Å². The van der Waals surface area contributed by atoms with Gasteiger partial charge in [-0.1, -0.05) is 18.2 Å². The SMILES string of the molecule is Cc1cc(C(F)(F)F)cc(N2C(=O)C[C@@H]3CN(CCCOC4CN(C(=O)C5=CCCN(C(=O)OC(C)(C)C)C5)C4)c4c(C)cccc4N(C)C(=O)[C@H]32)n1. The number of rotatable bonds is 7. The van der Waals surface area contributed by atoms with Gasteiger partial charge in [-0.15, -0.1) is 0 Å². The molecule has 0 aliphatic carbocycles. The Balaban J connectivity index is 1.09. The van der Waals surface area contributed by atoms with Crippen LogP contribution in [0.5, 0.6) is 0 Å². The van der Waals surface area contributed by atoms with Gasteiger partial charge < -0.3 is 29.1 Å². The minimum absolute atomic E-state index is 0.0205. The van der Waals surface area contributed by atoms with Crippen LogP contribution in [-0.2, 0) is 30.0 Å². The fraction of sp³-hybridized carbons (Fsp3) is 0.553. The lowest BCUT2D eigenvalue weighted by Crippen LogP contribution is -2.56. The van der Waals surface area contributed by atoms with Crippen LogP contribution in [0.15, 0.2) is 42.0 Å². The number of anilines is 3. The fourth-order valence-corrected chi connectivity index (χ4v) is 7.50. The zero-order valence-corrected chi connectivity index (χ0v) is 31.0. The number of aryl methyl sites for hydroxylation is 2. The molecule has 4 aliphatic heterocycles. The van der Waals surface area contributed by atoms with Crippen molar-refractivity contribution in [3.05, 3.63) is 58.8 Å². The van der Waals surface area contributed by atoms with Crippen LogP contribution in [0.2, 0.25) is 0 Å². The Hall–Kier alpha value is -4.66. The normalized spacial score (nSPS) is 21.2. The van der Waals surface area contributed by atoms with Gasteiger partial charge in [0, 0.05) is 70.0 Å². The number of likely N-dealkylation sites (tertiary alicyclic amines) is 1. The van der Waals surface area contributed by atoms with Crippen LogP contribution in [-0.4, -0.2) is 109 Å². The lowest BCUT2D eigenvalue weighted by atomic mass is 9.95. The van der Waals surface area contributed by atoms with E-state index in [2.05, 4.69) is 9.88 Å². The standard InChI is InChI=1S/C38H47F3N6O6/c1-23-10-7-12-29-32(23)44(14-9-15-52-28-21-46(22-28)34(49)25-11-8-13-45(19-25)36(51)53-37(3,4)5)20-26-17-31(48)47(33(26)35(50)43(29)6)30-18-27(38(39,40)41)16-24(2)42-30/h7,10-12,16,18,26,28,33H,8-9,13-15,17,19-22H2,1-6H3/t26-,33+/m1/s1. The lowest BCUT2D eigenvalue weighted by molar-refractivity contribution is -0.141. The number of nitrogens with zero attached hydrogens (tertiary/aromatic N) is 6. The van der Waals surface area contributed by atoms with Crippen LogP contribution in [0.25, 0.3) is 0 Å². The van der Waals surface area contributed by atoms with Crippen molar-refractivity contribution in [1.29, 1.82) is 0 Å². The van der Waals surface area contributed by atoms with Gasteiger partial charge in [0.05, 0.1) is 29.6 Å². The van der Waals surface area contributed by atoms with Gasteiger partial charge in [0.15, 0.2) is 0 Å². The van der Waals surface area contributed by atoms with Crippen molar-refractivity contribution in [2.75, 3.05) is 67.6 Å². The number of hydrogen-bond donors (Lipinski definition) is 0. The zero-order valence-electron chi connectivity index (χ0n) is 31.0. The molecule has 0 unspecified atom stereocenters. The Labute approximate surface area is 307 Å². The number of likely N-dealkylation sites (N-methyl/N-ethyl adjacent to an activating group) is 1. The summed E-state index contributed by atoms with van der Waals surface area (Å²) in [6.45, 7) is 11.6. The largest absolute Gasteiger partial charge is 0.444 e. The molecular weight excluding hydrogens is 693 g/mol. The van der Waals surface area contributed by atoms with Crippen LogP contribution in [0, 0.1) is 19.8 Å². The van der Waals surface area contributed by atoms with Crippen LogP contribution in [0.4, 0.5) is 35.2 Å². The van der Waals surface area contributed by atoms with Gasteiger partial charge in [-0.25, -0.2) is 9.78 Å². The molecule has 1 aromatic heterocycles. The highest BCUT2D eigenvalue weighted by atomic mass is 19.4. The number of ether oxygens (including phenoxy) is 2. The van der Waals surface area contributed by atoms with E-state index in [-0.39, 0.29) is 36.5 Å². The summed E-state index contributed by atoms with van der Waals surface area (Å²) in [4.78, 5) is 65.7. The summed E-state index contributed by atoms with van der Waals surface area (Å²) in [5.41, 5.74) is 1.53. The maximum Gasteiger partial charge on any atom is 0.416 e. The molecule has 0 N–H and O–H groups in total. The summed E-state index contributed by atoms with van der Waals surface area (Å²) in [5.74, 6) is -1.65. The Morgan fingerprint density at radius 2 is 1.75 bits per heavy atom. The summed E-state index contributed by atoms with van der Waals surface area (Å²) < 4.78 is 52.9. The summed E-state index contributed by atoms with van der Waals surface area (Å²) in [6.07, 6.45) is -2.18. The monoisotopic (exact) mass is 740 g/mol. The maximum atomic E-state index is 14.1. The average Bonchev–Trinajstić information content (AvgIpc) is 3.38. The number of fused-ring (bicyclic) bond motifs is 2. The molecular formula is C38H47F3N6O6. The van der Waals surface area contributed by atoms with Gasteiger partial charge in [-0.05, 0) is 71.2 Å². The number of benzene rings is 1. The number of amides is 4. The van der Waals surface area contributed by atoms with Crippen LogP contribution >= 0.6 is 0 Å². The van der Waals surface area contributed by atoms with E-state index in [0.29, 0.717) is 63.4 Å². The molecule has 0 spiro atoms. The molecule has 0 bridgehead atoms. The van der Waals surface area contributed by atoms with Crippen molar-refractivity contribution in [1.82, 2.24) is 14.8 Å². The number of carbonyl (C=O) groups excluding carboxylic acids is 4. The average molecular weight is 741 g/mol. The highest BCUT2D eigenvalue weighted by Crippen LogP contribution is 2.41. The highest BCUT2D eigenvalue weighted by Gasteiger charge is 2.49. The molecule has 2 fully saturated rings. The van der Waals surface area contributed by atoms with Gasteiger partial charge in [-0.3, -0.25) is 19.3 Å². The third-order valence-corrected chi connectivity index (χ3v) is 10.0. The van der Waals surface area contributed by atoms with E-state index in [4.69, 9.17) is 9.47 Å². The third-order valence-electron chi connectivity index (χ3n) is 10.0. The number of pyridine rings is 1. The molecule has 0 radical (unpaired) electrons. The fourth-order valence-electron chi connectivity index (χ4n) is 7.50. The number of carbonyl (C=O) groups is 4. The predicted octanol–water partition coefficient (Wildman–Crippen LogP) is 5.11. The van der Waals surface area contributed by atoms with E-state index in [9.17, 15) is 32.3 Å². The third kappa shape index (κ3) is 8.14. The quantitative estimate of drug-likeness (QED) is 0.360. The first-order valence-electron chi connectivity index (χ1n) is 18.0. The Kier molecular flexibility index (Phi) is 10.5. The number of aromatic nitrogens is 1. The first-order valence-corrected chi connectivity index (χ1v) is 18.0. The summed E-state index contributed by atoms with van der Waals surface area (Å²) in [6, 6.07) is 6.35. The van der Waals surface area contributed by atoms with E-state index >= 15 is 0 Å². The summed E-state index contributed by atoms with van der Waals surface area (Å²) in [7, 11) is 1.62. The first-order chi connectivity index (χ1) is 24.9. The van der Waals surface area contributed by atoms with Crippen molar-refractivity contribution in [3.8, 4) is 0 Å². The molecule has 1 aromatic carbocycles. The smallest absolute Gasteiger partial charge is 0.416 e. The number of alkyl halides is 3. The van der Waals surface area contributed by atoms with E-state index < -0.39 is 47.2 Å². The molecule has 0 saturated carbocycles. The minimum Gasteiger partial charge on any atom is -0.444 e. The van der Waals surface area contributed by atoms with Crippen molar-refractivity contribution < 1.29 is 41.8 Å².